The van der Waals surface area contributed by atoms with Gasteiger partial charge in [-0.3, -0.25) is 4.99 Å². The van der Waals surface area contributed by atoms with Crippen molar-refractivity contribution in [3.05, 3.63) is 23.4 Å². The van der Waals surface area contributed by atoms with E-state index in [4.69, 9.17) is 0 Å². The van der Waals surface area contributed by atoms with Crippen LogP contribution in [0.15, 0.2) is 28.4 Å². The molecule has 1 nitrogen and oxygen atoms in total. The summed E-state index contributed by atoms with van der Waals surface area (Å²) in [5.41, 5.74) is 2.41. The number of hydrogen-bond acceptors (Lipinski definition) is 1. The average molecular weight is 137 g/mol. The van der Waals surface area contributed by atoms with Crippen LogP contribution in [-0.2, 0) is 0 Å². The molecule has 10 heavy (non-hydrogen) atoms. The molecule has 0 saturated heterocycles. The lowest BCUT2D eigenvalue weighted by atomic mass is 10.3. The number of nitrogens with zero attached hydrogens (tertiary/aromatic N) is 1. The van der Waals surface area contributed by atoms with Gasteiger partial charge in [-0.15, -0.1) is 0 Å². The molecule has 0 aliphatic carbocycles. The normalized spacial score (nSPS) is 12.2. The quantitative estimate of drug-likeness (QED) is 0.519. The number of hydrogen-bond donors (Lipinski definition) is 0. The van der Waals surface area contributed by atoms with Crippen LogP contribution in [0.3, 0.4) is 0 Å². The molecule has 0 amide bonds. The molecule has 0 aliphatic rings. The fourth-order valence-corrected chi connectivity index (χ4v) is 0.378. The number of allylic oxidation sites excluding steroid dienone is 3. The molecule has 0 aliphatic heterocycles. The minimum atomic E-state index is 1.19. The second-order valence-corrected chi connectivity index (χ2v) is 2.52. The lowest BCUT2D eigenvalue weighted by Gasteiger charge is -1.85. The number of rotatable bonds is 2. The highest BCUT2D eigenvalue weighted by atomic mass is 14.7. The topological polar surface area (TPSA) is 12.4 Å². The largest absolute Gasteiger partial charge is 0.265 e. The Bertz CT molecular complexity index is 169. The Morgan fingerprint density at radius 1 is 1.20 bits per heavy atom. The predicted molar refractivity (Wildman–Crippen MR) is 47.4 cm³/mol. The summed E-state index contributed by atoms with van der Waals surface area (Å²) in [5, 5.41) is 0. The molecule has 0 saturated carbocycles. The Kier molecular flexibility index (Phi) is 4.55. The zero-order valence-electron chi connectivity index (χ0n) is 7.18. The van der Waals surface area contributed by atoms with Gasteiger partial charge in [-0.25, -0.2) is 0 Å². The molecular weight excluding hydrogens is 122 g/mol. The van der Waals surface area contributed by atoms with Crippen molar-refractivity contribution in [2.75, 3.05) is 0 Å². The monoisotopic (exact) mass is 137 g/mol. The maximum atomic E-state index is 4.09. The van der Waals surface area contributed by atoms with Gasteiger partial charge in [0.25, 0.3) is 0 Å². The average Bonchev–Trinajstić information content (AvgIpc) is 1.87. The first-order chi connectivity index (χ1) is 4.66. The molecule has 0 N–H and O–H groups in total. The maximum absolute atomic E-state index is 4.09. The van der Waals surface area contributed by atoms with Crippen LogP contribution in [0.5, 0.6) is 0 Å². The Morgan fingerprint density at radius 3 is 2.20 bits per heavy atom. The molecule has 1 heteroatoms. The third-order valence-electron chi connectivity index (χ3n) is 1.07. The van der Waals surface area contributed by atoms with Gasteiger partial charge in [-0.05, 0) is 33.3 Å². The molecule has 0 rings (SSSR count). The smallest absolute Gasteiger partial charge is 0.0293 e. The van der Waals surface area contributed by atoms with Crippen LogP contribution in [-0.4, -0.2) is 6.21 Å². The van der Waals surface area contributed by atoms with Gasteiger partial charge >= 0.3 is 0 Å². The third-order valence-corrected chi connectivity index (χ3v) is 1.07. The van der Waals surface area contributed by atoms with E-state index in [1.54, 1.807) is 0 Å². The van der Waals surface area contributed by atoms with Crippen LogP contribution in [0.1, 0.15) is 27.7 Å². The van der Waals surface area contributed by atoms with Crippen molar-refractivity contribution in [3.8, 4) is 0 Å². The minimum Gasteiger partial charge on any atom is -0.265 e. The van der Waals surface area contributed by atoms with Crippen LogP contribution >= 0.6 is 0 Å². The van der Waals surface area contributed by atoms with Crippen molar-refractivity contribution in [1.29, 1.82) is 0 Å². The SMILES string of the molecule is C/C=C(C)/C=N\C=C(C)C. The van der Waals surface area contributed by atoms with E-state index in [1.807, 2.05) is 46.2 Å². The van der Waals surface area contributed by atoms with E-state index in [-0.39, 0.29) is 0 Å². The molecule has 0 spiro atoms. The van der Waals surface area contributed by atoms with Crippen molar-refractivity contribution in [3.63, 3.8) is 0 Å². The fraction of sp³-hybridized carbons (Fsp3) is 0.444. The molecule has 0 radical (unpaired) electrons. The van der Waals surface area contributed by atoms with Crippen molar-refractivity contribution in [1.82, 2.24) is 0 Å². The van der Waals surface area contributed by atoms with Gasteiger partial charge in [0.1, 0.15) is 0 Å². The fourth-order valence-electron chi connectivity index (χ4n) is 0.378. The van der Waals surface area contributed by atoms with Crippen LogP contribution in [0.25, 0.3) is 0 Å². The standard InChI is InChI=1S/C9H15N/c1-5-9(4)7-10-6-8(2)3/h5-7H,1-4H3/b9-5+,10-7-. The summed E-state index contributed by atoms with van der Waals surface area (Å²) in [6.07, 6.45) is 5.74. The number of aliphatic imine (C=N–C) groups is 1. The summed E-state index contributed by atoms with van der Waals surface area (Å²) in [6.45, 7) is 8.09. The summed E-state index contributed by atoms with van der Waals surface area (Å²) >= 11 is 0. The van der Waals surface area contributed by atoms with Gasteiger partial charge in [0, 0.05) is 12.4 Å². The maximum Gasteiger partial charge on any atom is 0.0293 e. The van der Waals surface area contributed by atoms with Gasteiger partial charge in [-0.2, -0.15) is 0 Å². The lowest BCUT2D eigenvalue weighted by molar-refractivity contribution is 1.34. The Balaban J connectivity index is 3.90. The van der Waals surface area contributed by atoms with Gasteiger partial charge < -0.3 is 0 Å². The first-order valence-corrected chi connectivity index (χ1v) is 3.46. The molecule has 0 fully saturated rings. The zero-order valence-corrected chi connectivity index (χ0v) is 7.18. The lowest BCUT2D eigenvalue weighted by Crippen LogP contribution is -1.73. The minimum absolute atomic E-state index is 1.19. The van der Waals surface area contributed by atoms with Crippen molar-refractivity contribution < 1.29 is 0 Å². The zero-order chi connectivity index (χ0) is 7.98. The third kappa shape index (κ3) is 5.29. The molecule has 56 valence electrons. The molecule has 0 bridgehead atoms. The summed E-state index contributed by atoms with van der Waals surface area (Å²) < 4.78 is 0. The Morgan fingerprint density at radius 2 is 1.80 bits per heavy atom. The van der Waals surface area contributed by atoms with Gasteiger partial charge in [-0.1, -0.05) is 11.6 Å². The van der Waals surface area contributed by atoms with Gasteiger partial charge in [0.2, 0.25) is 0 Å². The highest BCUT2D eigenvalue weighted by Crippen LogP contribution is 1.90. The van der Waals surface area contributed by atoms with Gasteiger partial charge in [0.05, 0.1) is 0 Å². The van der Waals surface area contributed by atoms with E-state index in [0.29, 0.717) is 0 Å². The van der Waals surface area contributed by atoms with E-state index in [0.717, 1.165) is 0 Å². The highest BCUT2D eigenvalue weighted by Gasteiger charge is 1.75. The van der Waals surface area contributed by atoms with E-state index in [2.05, 4.69) is 4.99 Å². The van der Waals surface area contributed by atoms with E-state index >= 15 is 0 Å². The van der Waals surface area contributed by atoms with Crippen molar-refractivity contribution in [2.45, 2.75) is 27.7 Å². The highest BCUT2D eigenvalue weighted by molar-refractivity contribution is 5.77. The molecular formula is C9H15N. The van der Waals surface area contributed by atoms with Crippen LogP contribution in [0, 0.1) is 0 Å². The second kappa shape index (κ2) is 4.98. The van der Waals surface area contributed by atoms with Crippen LogP contribution in [0.2, 0.25) is 0 Å². The summed E-state index contributed by atoms with van der Waals surface area (Å²) in [6, 6.07) is 0. The first kappa shape index (κ1) is 9.15. The Hall–Kier alpha value is -0.850. The van der Waals surface area contributed by atoms with Crippen LogP contribution in [0.4, 0.5) is 0 Å². The molecule has 0 aromatic rings. The molecule has 0 aromatic carbocycles. The first-order valence-electron chi connectivity index (χ1n) is 3.46. The molecule has 0 unspecified atom stereocenters. The summed E-state index contributed by atoms with van der Waals surface area (Å²) in [5.74, 6) is 0. The van der Waals surface area contributed by atoms with Crippen molar-refractivity contribution in [2.24, 2.45) is 4.99 Å². The molecule has 0 aromatic heterocycles. The van der Waals surface area contributed by atoms with Gasteiger partial charge in [0.15, 0.2) is 0 Å². The predicted octanol–water partition coefficient (Wildman–Crippen LogP) is 2.95. The van der Waals surface area contributed by atoms with Crippen molar-refractivity contribution >= 4 is 6.21 Å². The van der Waals surface area contributed by atoms with E-state index in [1.165, 1.54) is 11.1 Å². The van der Waals surface area contributed by atoms with E-state index < -0.39 is 0 Å². The van der Waals surface area contributed by atoms with Crippen LogP contribution < -0.4 is 0 Å². The summed E-state index contributed by atoms with van der Waals surface area (Å²) in [4.78, 5) is 4.09. The Labute approximate surface area is 63.2 Å². The van der Waals surface area contributed by atoms with E-state index in [9.17, 15) is 0 Å². The molecule has 0 heterocycles. The second-order valence-electron chi connectivity index (χ2n) is 2.52. The molecule has 0 atom stereocenters. The summed E-state index contributed by atoms with van der Waals surface area (Å²) in [7, 11) is 0.